The highest BCUT2D eigenvalue weighted by Crippen LogP contribution is 2.32. The van der Waals surface area contributed by atoms with Gasteiger partial charge in [-0.1, -0.05) is 0 Å². The molecule has 0 atom stereocenters. The van der Waals surface area contributed by atoms with E-state index in [1.54, 1.807) is 0 Å². The summed E-state index contributed by atoms with van der Waals surface area (Å²) in [5.74, 6) is -5.69. The fourth-order valence-corrected chi connectivity index (χ4v) is 2.15. The molecular weight excluding hydrogens is 325 g/mol. The Morgan fingerprint density at radius 1 is 1.04 bits per heavy atom. The number of benzene rings is 1. The van der Waals surface area contributed by atoms with Gasteiger partial charge in [0.2, 0.25) is 0 Å². The largest absolute Gasteiger partial charge is 0.494 e. The SMILES string of the molecule is COC(=O)C1=C(C(=O)OC)N(c2ccc(OC)c(F)c2)C(=O)C1=O. The molecule has 1 aromatic carbocycles. The molecule has 0 N–H and O–H groups in total. The van der Waals surface area contributed by atoms with Crippen molar-refractivity contribution in [3.8, 4) is 5.75 Å². The van der Waals surface area contributed by atoms with Gasteiger partial charge in [0.1, 0.15) is 5.57 Å². The molecule has 0 saturated heterocycles. The lowest BCUT2D eigenvalue weighted by Crippen LogP contribution is -2.31. The minimum atomic E-state index is -1.25. The van der Waals surface area contributed by atoms with Gasteiger partial charge >= 0.3 is 17.8 Å². The molecule has 1 aliphatic heterocycles. The third kappa shape index (κ3) is 2.60. The van der Waals surface area contributed by atoms with E-state index in [2.05, 4.69) is 9.47 Å². The first-order valence-corrected chi connectivity index (χ1v) is 6.50. The number of hydrogen-bond donors (Lipinski definition) is 0. The zero-order valence-corrected chi connectivity index (χ0v) is 12.9. The zero-order valence-electron chi connectivity index (χ0n) is 12.9. The quantitative estimate of drug-likeness (QED) is 0.444. The third-order valence-electron chi connectivity index (χ3n) is 3.25. The molecular formula is C15H12FNO7. The standard InChI is InChI=1S/C15H12FNO7/c1-22-9-5-4-7(6-8(9)16)17-11(15(21)24-3)10(14(20)23-2)12(18)13(17)19/h4-6H,1-3H3. The molecule has 0 bridgehead atoms. The molecule has 1 aromatic rings. The van der Waals surface area contributed by atoms with Crippen molar-refractivity contribution in [2.45, 2.75) is 0 Å². The van der Waals surface area contributed by atoms with Crippen molar-refractivity contribution in [1.29, 1.82) is 0 Å². The Kier molecular flexibility index (Phi) is 4.63. The number of carbonyl (C=O) groups is 4. The van der Waals surface area contributed by atoms with Gasteiger partial charge in [-0.15, -0.1) is 0 Å². The summed E-state index contributed by atoms with van der Waals surface area (Å²) in [5, 5.41) is 0. The van der Waals surface area contributed by atoms with Crippen LogP contribution in [0.15, 0.2) is 29.5 Å². The van der Waals surface area contributed by atoms with Crippen LogP contribution in [0.25, 0.3) is 0 Å². The molecule has 9 heteroatoms. The van der Waals surface area contributed by atoms with E-state index in [9.17, 15) is 23.6 Å². The number of esters is 2. The van der Waals surface area contributed by atoms with Crippen molar-refractivity contribution in [2.24, 2.45) is 0 Å². The molecule has 24 heavy (non-hydrogen) atoms. The Bertz CT molecular complexity index is 784. The van der Waals surface area contributed by atoms with E-state index in [1.165, 1.54) is 19.2 Å². The molecule has 0 unspecified atom stereocenters. The highest BCUT2D eigenvalue weighted by molar-refractivity contribution is 6.57. The lowest BCUT2D eigenvalue weighted by Gasteiger charge is -2.18. The molecule has 0 aliphatic carbocycles. The van der Waals surface area contributed by atoms with E-state index in [0.717, 1.165) is 20.3 Å². The summed E-state index contributed by atoms with van der Waals surface area (Å²) >= 11 is 0. The van der Waals surface area contributed by atoms with Crippen molar-refractivity contribution >= 4 is 29.3 Å². The van der Waals surface area contributed by atoms with E-state index >= 15 is 0 Å². The van der Waals surface area contributed by atoms with Crippen molar-refractivity contribution in [1.82, 2.24) is 0 Å². The monoisotopic (exact) mass is 337 g/mol. The van der Waals surface area contributed by atoms with Gasteiger partial charge in [-0.3, -0.25) is 14.5 Å². The Morgan fingerprint density at radius 3 is 2.17 bits per heavy atom. The number of rotatable bonds is 4. The maximum Gasteiger partial charge on any atom is 0.356 e. The van der Waals surface area contributed by atoms with Crippen molar-refractivity contribution in [3.63, 3.8) is 0 Å². The first-order valence-electron chi connectivity index (χ1n) is 6.50. The first kappa shape index (κ1) is 17.1. The Balaban J connectivity index is 2.66. The molecule has 0 spiro atoms. The van der Waals surface area contributed by atoms with Crippen LogP contribution in [-0.2, 0) is 28.7 Å². The maximum atomic E-state index is 13.9. The second kappa shape index (κ2) is 6.49. The van der Waals surface area contributed by atoms with Gasteiger partial charge in [-0.25, -0.2) is 14.0 Å². The number of Topliss-reactive ketones (excluding diaryl/α,β-unsaturated/α-hetero) is 1. The number of anilines is 1. The predicted molar refractivity (Wildman–Crippen MR) is 76.5 cm³/mol. The van der Waals surface area contributed by atoms with Gasteiger partial charge in [-0.05, 0) is 12.1 Å². The Labute approximate surface area is 135 Å². The normalized spacial score (nSPS) is 14.1. The average molecular weight is 337 g/mol. The summed E-state index contributed by atoms with van der Waals surface area (Å²) in [6, 6.07) is 3.33. The predicted octanol–water partition coefficient (Wildman–Crippen LogP) is 0.350. The summed E-state index contributed by atoms with van der Waals surface area (Å²) in [7, 11) is 3.24. The highest BCUT2D eigenvalue weighted by atomic mass is 19.1. The van der Waals surface area contributed by atoms with Gasteiger partial charge in [0, 0.05) is 6.07 Å². The van der Waals surface area contributed by atoms with Crippen LogP contribution in [0.5, 0.6) is 5.75 Å². The van der Waals surface area contributed by atoms with Gasteiger partial charge in [0.05, 0.1) is 27.0 Å². The maximum absolute atomic E-state index is 13.9. The van der Waals surface area contributed by atoms with Crippen LogP contribution < -0.4 is 9.64 Å². The molecule has 0 radical (unpaired) electrons. The average Bonchev–Trinajstić information content (AvgIpc) is 2.85. The van der Waals surface area contributed by atoms with Crippen LogP contribution in [0.4, 0.5) is 10.1 Å². The molecule has 1 heterocycles. The molecule has 0 saturated carbocycles. The fraction of sp³-hybridized carbons (Fsp3) is 0.200. The third-order valence-corrected chi connectivity index (χ3v) is 3.25. The number of ketones is 1. The second-order valence-electron chi connectivity index (χ2n) is 4.50. The minimum absolute atomic E-state index is 0.103. The molecule has 2 rings (SSSR count). The van der Waals surface area contributed by atoms with Crippen LogP contribution in [0.3, 0.4) is 0 Å². The highest BCUT2D eigenvalue weighted by Gasteiger charge is 2.47. The van der Waals surface area contributed by atoms with E-state index in [0.29, 0.717) is 4.90 Å². The van der Waals surface area contributed by atoms with E-state index in [-0.39, 0.29) is 11.4 Å². The molecule has 8 nitrogen and oxygen atoms in total. The van der Waals surface area contributed by atoms with Crippen LogP contribution in [-0.4, -0.2) is 45.0 Å². The van der Waals surface area contributed by atoms with Gasteiger partial charge < -0.3 is 14.2 Å². The Hall–Kier alpha value is -3.23. The summed E-state index contributed by atoms with van der Waals surface area (Å²) in [6.07, 6.45) is 0. The number of halogens is 1. The topological polar surface area (TPSA) is 99.2 Å². The first-order chi connectivity index (χ1) is 11.4. The van der Waals surface area contributed by atoms with Crippen LogP contribution in [0.2, 0.25) is 0 Å². The number of methoxy groups -OCH3 is 3. The number of ether oxygens (including phenoxy) is 3. The number of carbonyl (C=O) groups excluding carboxylic acids is 4. The molecule has 0 aromatic heterocycles. The molecule has 1 aliphatic rings. The smallest absolute Gasteiger partial charge is 0.356 e. The summed E-state index contributed by atoms with van der Waals surface area (Å²) in [4.78, 5) is 48.6. The van der Waals surface area contributed by atoms with E-state index in [4.69, 9.17) is 4.74 Å². The molecule has 1 amide bonds. The number of hydrogen-bond acceptors (Lipinski definition) is 7. The fourth-order valence-electron chi connectivity index (χ4n) is 2.15. The van der Waals surface area contributed by atoms with Gasteiger partial charge in [0.25, 0.3) is 5.78 Å². The summed E-state index contributed by atoms with van der Waals surface area (Å²) < 4.78 is 27.6. The number of amides is 1. The number of nitrogens with zero attached hydrogens (tertiary/aromatic N) is 1. The lowest BCUT2D eigenvalue weighted by molar-refractivity contribution is -0.141. The van der Waals surface area contributed by atoms with Crippen molar-refractivity contribution in [3.05, 3.63) is 35.3 Å². The van der Waals surface area contributed by atoms with Crippen LogP contribution in [0, 0.1) is 5.82 Å². The molecule has 126 valence electrons. The van der Waals surface area contributed by atoms with Crippen molar-refractivity contribution < 1.29 is 37.8 Å². The van der Waals surface area contributed by atoms with Crippen LogP contribution >= 0.6 is 0 Å². The Morgan fingerprint density at radius 2 is 1.67 bits per heavy atom. The summed E-state index contributed by atoms with van der Waals surface area (Å²) in [5.41, 5.74) is -1.56. The van der Waals surface area contributed by atoms with Crippen molar-refractivity contribution in [2.75, 3.05) is 26.2 Å². The zero-order chi connectivity index (χ0) is 18.0. The van der Waals surface area contributed by atoms with E-state index < -0.39 is 40.7 Å². The van der Waals surface area contributed by atoms with Gasteiger partial charge in [0.15, 0.2) is 17.3 Å². The summed E-state index contributed by atoms with van der Waals surface area (Å²) in [6.45, 7) is 0. The minimum Gasteiger partial charge on any atom is -0.494 e. The molecule has 0 fully saturated rings. The van der Waals surface area contributed by atoms with Gasteiger partial charge in [-0.2, -0.15) is 0 Å². The second-order valence-corrected chi connectivity index (χ2v) is 4.50. The van der Waals surface area contributed by atoms with E-state index in [1.807, 2.05) is 0 Å². The lowest BCUT2D eigenvalue weighted by atomic mass is 10.1. The van der Waals surface area contributed by atoms with Crippen LogP contribution in [0.1, 0.15) is 0 Å².